The van der Waals surface area contributed by atoms with Crippen molar-refractivity contribution < 1.29 is 4.42 Å². The van der Waals surface area contributed by atoms with Crippen LogP contribution in [0.4, 0.5) is 5.69 Å². The smallest absolute Gasteiger partial charge is 0.227 e. The topological polar surface area (TPSA) is 52.0 Å². The summed E-state index contributed by atoms with van der Waals surface area (Å²) in [7, 11) is 0. The zero-order valence-corrected chi connectivity index (χ0v) is 11.3. The molecule has 0 radical (unpaired) electrons. The van der Waals surface area contributed by atoms with Gasteiger partial charge in [-0.15, -0.1) is 0 Å². The fraction of sp³-hybridized carbons (Fsp3) is 0.188. The zero-order chi connectivity index (χ0) is 13.6. The quantitative estimate of drug-likeness (QED) is 0.666. The van der Waals surface area contributed by atoms with Crippen LogP contribution in [-0.2, 0) is 0 Å². The summed E-state index contributed by atoms with van der Waals surface area (Å²) in [5.74, 6) is 0.633. The lowest BCUT2D eigenvalue weighted by atomic mass is 10.0. The molecule has 3 nitrogen and oxygen atoms in total. The standard InChI is InChI=1S/C16H16N2O/c1-9-4-5-14-15(6-9)19-16(18-14)13-8-12(17)7-10(2)11(13)3/h4-8H,17H2,1-3H3. The van der Waals surface area contributed by atoms with Gasteiger partial charge in [0.15, 0.2) is 5.58 Å². The summed E-state index contributed by atoms with van der Waals surface area (Å²) in [4.78, 5) is 4.54. The van der Waals surface area contributed by atoms with Crippen LogP contribution in [0.3, 0.4) is 0 Å². The Morgan fingerprint density at radius 1 is 1.05 bits per heavy atom. The number of nitrogens with two attached hydrogens (primary N) is 1. The molecule has 0 fully saturated rings. The highest BCUT2D eigenvalue weighted by Crippen LogP contribution is 2.30. The summed E-state index contributed by atoms with van der Waals surface area (Å²) >= 11 is 0. The van der Waals surface area contributed by atoms with Gasteiger partial charge in [0, 0.05) is 11.3 Å². The lowest BCUT2D eigenvalue weighted by molar-refractivity contribution is 0.619. The molecule has 1 aromatic heterocycles. The maximum Gasteiger partial charge on any atom is 0.227 e. The van der Waals surface area contributed by atoms with E-state index in [0.717, 1.165) is 39.0 Å². The third kappa shape index (κ3) is 1.97. The molecule has 0 aliphatic rings. The van der Waals surface area contributed by atoms with E-state index in [-0.39, 0.29) is 0 Å². The summed E-state index contributed by atoms with van der Waals surface area (Å²) in [5.41, 5.74) is 12.8. The van der Waals surface area contributed by atoms with Gasteiger partial charge in [0.25, 0.3) is 0 Å². The monoisotopic (exact) mass is 252 g/mol. The number of aromatic nitrogens is 1. The van der Waals surface area contributed by atoms with Gasteiger partial charge in [-0.25, -0.2) is 4.98 Å². The highest BCUT2D eigenvalue weighted by atomic mass is 16.3. The molecule has 0 bridgehead atoms. The Kier molecular flexibility index (Phi) is 2.56. The van der Waals surface area contributed by atoms with Gasteiger partial charge in [0.1, 0.15) is 5.52 Å². The van der Waals surface area contributed by atoms with Crippen LogP contribution in [0.5, 0.6) is 0 Å². The fourth-order valence-electron chi connectivity index (χ4n) is 2.26. The van der Waals surface area contributed by atoms with E-state index >= 15 is 0 Å². The average molecular weight is 252 g/mol. The first-order valence-corrected chi connectivity index (χ1v) is 6.29. The number of hydrogen-bond acceptors (Lipinski definition) is 3. The van der Waals surface area contributed by atoms with E-state index in [1.165, 1.54) is 0 Å². The number of benzene rings is 2. The van der Waals surface area contributed by atoms with E-state index in [4.69, 9.17) is 10.2 Å². The molecule has 3 heteroatoms. The third-order valence-electron chi connectivity index (χ3n) is 3.46. The Balaban J connectivity index is 2.24. The lowest BCUT2D eigenvalue weighted by Gasteiger charge is -2.06. The van der Waals surface area contributed by atoms with Crippen molar-refractivity contribution in [1.29, 1.82) is 0 Å². The average Bonchev–Trinajstić information content (AvgIpc) is 2.76. The number of nitrogen functional groups attached to an aromatic ring is 1. The third-order valence-corrected chi connectivity index (χ3v) is 3.46. The molecular formula is C16H16N2O. The molecule has 0 saturated carbocycles. The van der Waals surface area contributed by atoms with Gasteiger partial charge in [-0.3, -0.25) is 0 Å². The Morgan fingerprint density at radius 2 is 1.84 bits per heavy atom. The van der Waals surface area contributed by atoms with Crippen molar-refractivity contribution in [2.75, 3.05) is 5.73 Å². The van der Waals surface area contributed by atoms with Crippen molar-refractivity contribution in [2.24, 2.45) is 0 Å². The Hall–Kier alpha value is -2.29. The number of fused-ring (bicyclic) bond motifs is 1. The number of anilines is 1. The predicted octanol–water partition coefficient (Wildman–Crippen LogP) is 4.00. The Labute approximate surface area is 112 Å². The van der Waals surface area contributed by atoms with Crippen LogP contribution in [0, 0.1) is 20.8 Å². The Bertz CT molecular complexity index is 772. The molecule has 3 rings (SSSR count). The number of nitrogens with zero attached hydrogens (tertiary/aromatic N) is 1. The van der Waals surface area contributed by atoms with Crippen molar-refractivity contribution in [3.8, 4) is 11.5 Å². The van der Waals surface area contributed by atoms with Gasteiger partial charge < -0.3 is 10.2 Å². The summed E-state index contributed by atoms with van der Waals surface area (Å²) in [5, 5.41) is 0. The van der Waals surface area contributed by atoms with E-state index < -0.39 is 0 Å². The molecule has 0 amide bonds. The van der Waals surface area contributed by atoms with E-state index in [1.54, 1.807) is 0 Å². The minimum Gasteiger partial charge on any atom is -0.436 e. The fourth-order valence-corrected chi connectivity index (χ4v) is 2.26. The van der Waals surface area contributed by atoms with E-state index in [0.29, 0.717) is 5.89 Å². The number of oxazole rings is 1. The molecule has 2 aromatic carbocycles. The first kappa shape index (κ1) is 11.8. The van der Waals surface area contributed by atoms with Gasteiger partial charge in [-0.1, -0.05) is 6.07 Å². The van der Waals surface area contributed by atoms with Crippen LogP contribution < -0.4 is 5.73 Å². The number of aryl methyl sites for hydroxylation is 2. The van der Waals surface area contributed by atoms with Crippen LogP contribution in [0.25, 0.3) is 22.6 Å². The summed E-state index contributed by atoms with van der Waals surface area (Å²) in [6.07, 6.45) is 0. The molecule has 0 spiro atoms. The summed E-state index contributed by atoms with van der Waals surface area (Å²) in [6.45, 7) is 6.14. The summed E-state index contributed by atoms with van der Waals surface area (Å²) < 4.78 is 5.86. The van der Waals surface area contributed by atoms with Gasteiger partial charge in [-0.2, -0.15) is 0 Å². The van der Waals surface area contributed by atoms with Gasteiger partial charge in [-0.05, 0) is 61.7 Å². The van der Waals surface area contributed by atoms with Crippen molar-refractivity contribution in [1.82, 2.24) is 4.98 Å². The molecule has 96 valence electrons. The van der Waals surface area contributed by atoms with E-state index in [1.807, 2.05) is 44.2 Å². The van der Waals surface area contributed by atoms with Crippen molar-refractivity contribution in [3.63, 3.8) is 0 Å². The molecule has 0 unspecified atom stereocenters. The largest absolute Gasteiger partial charge is 0.436 e. The van der Waals surface area contributed by atoms with Gasteiger partial charge in [0.2, 0.25) is 5.89 Å². The van der Waals surface area contributed by atoms with Crippen LogP contribution >= 0.6 is 0 Å². The minimum absolute atomic E-state index is 0.633. The summed E-state index contributed by atoms with van der Waals surface area (Å²) in [6, 6.07) is 9.89. The first-order valence-electron chi connectivity index (χ1n) is 6.29. The maximum atomic E-state index is 5.91. The number of hydrogen-bond donors (Lipinski definition) is 1. The van der Waals surface area contributed by atoms with Crippen LogP contribution in [0.2, 0.25) is 0 Å². The normalized spacial score (nSPS) is 11.1. The molecule has 3 aromatic rings. The van der Waals surface area contributed by atoms with Gasteiger partial charge in [0.05, 0.1) is 0 Å². The first-order chi connectivity index (χ1) is 9.04. The van der Waals surface area contributed by atoms with Crippen LogP contribution in [-0.4, -0.2) is 4.98 Å². The molecule has 0 saturated heterocycles. The highest BCUT2D eigenvalue weighted by molar-refractivity contribution is 5.78. The SMILES string of the molecule is Cc1ccc2nc(-c3cc(N)cc(C)c3C)oc2c1. The lowest BCUT2D eigenvalue weighted by Crippen LogP contribution is -1.92. The highest BCUT2D eigenvalue weighted by Gasteiger charge is 2.12. The molecule has 19 heavy (non-hydrogen) atoms. The molecule has 0 aliphatic carbocycles. The minimum atomic E-state index is 0.633. The van der Waals surface area contributed by atoms with Crippen molar-refractivity contribution >= 4 is 16.8 Å². The molecule has 1 heterocycles. The molecule has 2 N–H and O–H groups in total. The second-order valence-electron chi connectivity index (χ2n) is 5.00. The van der Waals surface area contributed by atoms with E-state index in [2.05, 4.69) is 11.9 Å². The second kappa shape index (κ2) is 4.12. The zero-order valence-electron chi connectivity index (χ0n) is 11.3. The van der Waals surface area contributed by atoms with E-state index in [9.17, 15) is 0 Å². The molecular weight excluding hydrogens is 236 g/mol. The molecule has 0 aliphatic heterocycles. The van der Waals surface area contributed by atoms with Crippen LogP contribution in [0.1, 0.15) is 16.7 Å². The van der Waals surface area contributed by atoms with Crippen molar-refractivity contribution in [2.45, 2.75) is 20.8 Å². The number of rotatable bonds is 1. The molecule has 0 atom stereocenters. The van der Waals surface area contributed by atoms with Crippen LogP contribution in [0.15, 0.2) is 34.7 Å². The maximum absolute atomic E-state index is 5.91. The van der Waals surface area contributed by atoms with Gasteiger partial charge >= 0.3 is 0 Å². The predicted molar refractivity (Wildman–Crippen MR) is 78.1 cm³/mol. The second-order valence-corrected chi connectivity index (χ2v) is 5.00. The van der Waals surface area contributed by atoms with Crippen molar-refractivity contribution in [3.05, 3.63) is 47.0 Å². The Morgan fingerprint density at radius 3 is 2.63 bits per heavy atom.